The molecule has 8 heteroatoms. The fourth-order valence-corrected chi connectivity index (χ4v) is 4.26. The number of rotatable bonds is 7. The van der Waals surface area contributed by atoms with Gasteiger partial charge < -0.3 is 10.2 Å². The van der Waals surface area contributed by atoms with Crippen LogP contribution >= 0.6 is 0 Å². The van der Waals surface area contributed by atoms with Crippen molar-refractivity contribution in [2.75, 3.05) is 24.5 Å². The normalized spacial score (nSPS) is 17.1. The zero-order chi connectivity index (χ0) is 19.3. The van der Waals surface area contributed by atoms with E-state index in [1.54, 1.807) is 0 Å². The van der Waals surface area contributed by atoms with Gasteiger partial charge in [-0.2, -0.15) is 0 Å². The first-order valence-electron chi connectivity index (χ1n) is 8.80. The molecule has 27 heavy (non-hydrogen) atoms. The minimum Gasteiger partial charge on any atom is -0.367 e. The van der Waals surface area contributed by atoms with E-state index in [0.29, 0.717) is 6.54 Å². The van der Waals surface area contributed by atoms with Crippen LogP contribution in [0.25, 0.3) is 0 Å². The number of hydrogen-bond donors (Lipinski definition) is 2. The standard InChI is InChI=1S/C19H22FN3O3S/c20-17-10-4-5-11-18(17)27(25,26)22-14-19(24)21-13-16-9-6-12-23(16)15-7-2-1-3-8-15/h1-5,7-8,10-11,16,22H,6,9,12-14H2,(H,21,24)/t16-/m1/s1. The van der Waals surface area contributed by atoms with Crippen LogP contribution in [0.2, 0.25) is 0 Å². The average Bonchev–Trinajstić information content (AvgIpc) is 3.14. The number of hydrogen-bond acceptors (Lipinski definition) is 4. The Kier molecular flexibility index (Phi) is 6.08. The predicted octanol–water partition coefficient (Wildman–Crippen LogP) is 1.89. The number of nitrogens with zero attached hydrogens (tertiary/aromatic N) is 1. The first-order chi connectivity index (χ1) is 13.0. The minimum atomic E-state index is -4.07. The smallest absolute Gasteiger partial charge is 0.243 e. The number of halogens is 1. The van der Waals surface area contributed by atoms with E-state index in [4.69, 9.17) is 0 Å². The first kappa shape index (κ1) is 19.3. The highest BCUT2D eigenvalue weighted by Gasteiger charge is 2.25. The lowest BCUT2D eigenvalue weighted by molar-refractivity contribution is -0.120. The van der Waals surface area contributed by atoms with Crippen molar-refractivity contribution in [3.63, 3.8) is 0 Å². The summed E-state index contributed by atoms with van der Waals surface area (Å²) in [5.41, 5.74) is 1.11. The van der Waals surface area contributed by atoms with Crippen molar-refractivity contribution in [3.8, 4) is 0 Å². The van der Waals surface area contributed by atoms with Gasteiger partial charge in [0.1, 0.15) is 10.7 Å². The molecule has 0 spiro atoms. The molecule has 0 aliphatic carbocycles. The number of amides is 1. The number of para-hydroxylation sites is 1. The van der Waals surface area contributed by atoms with Gasteiger partial charge in [-0.15, -0.1) is 0 Å². The van der Waals surface area contributed by atoms with Crippen molar-refractivity contribution in [2.45, 2.75) is 23.8 Å². The van der Waals surface area contributed by atoms with Crippen molar-refractivity contribution in [1.29, 1.82) is 0 Å². The van der Waals surface area contributed by atoms with Crippen LogP contribution in [0.5, 0.6) is 0 Å². The van der Waals surface area contributed by atoms with Gasteiger partial charge in [-0.25, -0.2) is 17.5 Å². The highest BCUT2D eigenvalue weighted by Crippen LogP contribution is 2.24. The minimum absolute atomic E-state index is 0.166. The van der Waals surface area contributed by atoms with Gasteiger partial charge in [0.25, 0.3) is 0 Å². The monoisotopic (exact) mass is 391 g/mol. The molecule has 0 aromatic heterocycles. The maximum absolute atomic E-state index is 13.6. The van der Waals surface area contributed by atoms with Crippen molar-refractivity contribution >= 4 is 21.6 Å². The van der Waals surface area contributed by atoms with E-state index in [9.17, 15) is 17.6 Å². The van der Waals surface area contributed by atoms with Crippen molar-refractivity contribution in [2.24, 2.45) is 0 Å². The van der Waals surface area contributed by atoms with Gasteiger partial charge in [0.15, 0.2) is 0 Å². The lowest BCUT2D eigenvalue weighted by Gasteiger charge is -2.27. The lowest BCUT2D eigenvalue weighted by Crippen LogP contribution is -2.43. The Morgan fingerprint density at radius 3 is 2.56 bits per heavy atom. The zero-order valence-electron chi connectivity index (χ0n) is 14.8. The Hall–Kier alpha value is -2.45. The molecule has 1 fully saturated rings. The van der Waals surface area contributed by atoms with Crippen LogP contribution in [0.4, 0.5) is 10.1 Å². The average molecular weight is 391 g/mol. The summed E-state index contributed by atoms with van der Waals surface area (Å²) in [7, 11) is -4.07. The molecule has 6 nitrogen and oxygen atoms in total. The van der Waals surface area contributed by atoms with Crippen LogP contribution < -0.4 is 14.9 Å². The highest BCUT2D eigenvalue weighted by molar-refractivity contribution is 7.89. The summed E-state index contributed by atoms with van der Waals surface area (Å²) in [4.78, 5) is 13.8. The predicted molar refractivity (Wildman–Crippen MR) is 101 cm³/mol. The Morgan fingerprint density at radius 1 is 1.11 bits per heavy atom. The fourth-order valence-electron chi connectivity index (χ4n) is 3.20. The molecular formula is C19H22FN3O3S. The molecule has 2 aromatic rings. The molecule has 0 radical (unpaired) electrons. The molecule has 2 N–H and O–H groups in total. The molecule has 1 saturated heterocycles. The molecule has 1 aliphatic heterocycles. The van der Waals surface area contributed by atoms with E-state index < -0.39 is 33.2 Å². The van der Waals surface area contributed by atoms with Gasteiger partial charge in [0.2, 0.25) is 15.9 Å². The SMILES string of the molecule is O=C(CNS(=O)(=O)c1ccccc1F)NC[C@H]1CCCN1c1ccccc1. The van der Waals surface area contributed by atoms with E-state index in [2.05, 4.69) is 14.9 Å². The number of anilines is 1. The second-order valence-corrected chi connectivity index (χ2v) is 8.12. The Morgan fingerprint density at radius 2 is 1.81 bits per heavy atom. The van der Waals surface area contributed by atoms with Crippen LogP contribution in [0.15, 0.2) is 59.5 Å². The van der Waals surface area contributed by atoms with Crippen LogP contribution in [0.1, 0.15) is 12.8 Å². The van der Waals surface area contributed by atoms with Crippen LogP contribution in [0, 0.1) is 5.82 Å². The first-order valence-corrected chi connectivity index (χ1v) is 10.3. The Balaban J connectivity index is 1.52. The Bertz CT molecular complexity index is 890. The second-order valence-electron chi connectivity index (χ2n) is 6.38. The maximum Gasteiger partial charge on any atom is 0.243 e. The number of sulfonamides is 1. The molecule has 0 bridgehead atoms. The molecule has 144 valence electrons. The van der Waals surface area contributed by atoms with Gasteiger partial charge in [-0.1, -0.05) is 30.3 Å². The molecule has 1 amide bonds. The number of nitrogens with one attached hydrogen (secondary N) is 2. The van der Waals surface area contributed by atoms with Crippen LogP contribution in [-0.4, -0.2) is 40.0 Å². The molecule has 2 aromatic carbocycles. The summed E-state index contributed by atoms with van der Waals surface area (Å²) in [6.07, 6.45) is 1.99. The van der Waals surface area contributed by atoms with Crippen molar-refractivity contribution in [1.82, 2.24) is 10.0 Å². The third kappa shape index (κ3) is 4.84. The van der Waals surface area contributed by atoms with Gasteiger partial charge in [0, 0.05) is 24.8 Å². The fraction of sp³-hybridized carbons (Fsp3) is 0.316. The highest BCUT2D eigenvalue weighted by atomic mass is 32.2. The van der Waals surface area contributed by atoms with E-state index in [-0.39, 0.29) is 6.04 Å². The summed E-state index contributed by atoms with van der Waals surface area (Å²) in [5.74, 6) is -1.30. The summed E-state index contributed by atoms with van der Waals surface area (Å²) in [5, 5.41) is 2.76. The third-order valence-corrected chi connectivity index (χ3v) is 5.98. The Labute approximate surface area is 158 Å². The van der Waals surface area contributed by atoms with E-state index in [0.717, 1.165) is 37.2 Å². The van der Waals surface area contributed by atoms with Gasteiger partial charge in [0.05, 0.1) is 6.54 Å². The summed E-state index contributed by atoms with van der Waals surface area (Å²) < 4.78 is 40.0. The van der Waals surface area contributed by atoms with E-state index in [1.807, 2.05) is 30.3 Å². The van der Waals surface area contributed by atoms with Gasteiger partial charge in [-0.3, -0.25) is 4.79 Å². The number of carbonyl (C=O) groups excluding carboxylic acids is 1. The van der Waals surface area contributed by atoms with Crippen molar-refractivity contribution < 1.29 is 17.6 Å². The number of carbonyl (C=O) groups is 1. The quantitative estimate of drug-likeness (QED) is 0.756. The lowest BCUT2D eigenvalue weighted by atomic mass is 10.2. The van der Waals surface area contributed by atoms with Gasteiger partial charge in [-0.05, 0) is 37.1 Å². The topological polar surface area (TPSA) is 78.5 Å². The zero-order valence-corrected chi connectivity index (χ0v) is 15.6. The van der Waals surface area contributed by atoms with E-state index in [1.165, 1.54) is 12.1 Å². The second kappa shape index (κ2) is 8.49. The molecule has 3 rings (SSSR count). The maximum atomic E-state index is 13.6. The summed E-state index contributed by atoms with van der Waals surface area (Å²) >= 11 is 0. The summed E-state index contributed by atoms with van der Waals surface area (Å²) in [6.45, 7) is 0.911. The molecule has 0 saturated carbocycles. The molecule has 0 unspecified atom stereocenters. The van der Waals surface area contributed by atoms with Gasteiger partial charge >= 0.3 is 0 Å². The molecule has 1 heterocycles. The van der Waals surface area contributed by atoms with E-state index >= 15 is 0 Å². The van der Waals surface area contributed by atoms with Crippen LogP contribution in [0.3, 0.4) is 0 Å². The van der Waals surface area contributed by atoms with Crippen LogP contribution in [-0.2, 0) is 14.8 Å². The number of benzene rings is 2. The largest absolute Gasteiger partial charge is 0.367 e. The molecular weight excluding hydrogens is 369 g/mol. The molecule has 1 atom stereocenters. The van der Waals surface area contributed by atoms with Crippen molar-refractivity contribution in [3.05, 3.63) is 60.4 Å². The summed E-state index contributed by atoms with van der Waals surface area (Å²) in [6, 6.07) is 15.2. The molecule has 1 aliphatic rings. The third-order valence-electron chi connectivity index (χ3n) is 4.55.